The van der Waals surface area contributed by atoms with E-state index >= 15 is 0 Å². The van der Waals surface area contributed by atoms with E-state index in [9.17, 15) is 0 Å². The van der Waals surface area contributed by atoms with Crippen LogP contribution in [0.15, 0.2) is 18.3 Å². The zero-order valence-corrected chi connectivity index (χ0v) is 11.1. The van der Waals surface area contributed by atoms with Crippen molar-refractivity contribution in [2.75, 3.05) is 26.3 Å². The highest BCUT2D eigenvalue weighted by Gasteiger charge is 2.10. The summed E-state index contributed by atoms with van der Waals surface area (Å²) >= 11 is 0. The fourth-order valence-corrected chi connectivity index (χ4v) is 2.22. The maximum absolute atomic E-state index is 8.54. The van der Waals surface area contributed by atoms with Gasteiger partial charge >= 0.3 is 0 Å². The van der Waals surface area contributed by atoms with Crippen LogP contribution < -0.4 is 4.74 Å². The lowest BCUT2D eigenvalue weighted by atomic mass is 10.1. The number of rotatable bonds is 4. The Bertz CT molecular complexity index is 445. The molecule has 19 heavy (non-hydrogen) atoms. The Kier molecular flexibility index (Phi) is 5.67. The summed E-state index contributed by atoms with van der Waals surface area (Å²) in [5, 5.41) is 8.54. The Hall–Kier alpha value is -1.57. The van der Waals surface area contributed by atoms with Crippen LogP contribution in [0.25, 0.3) is 0 Å². The molecule has 0 aliphatic carbocycles. The molecular formula is C15H20N2O2. The van der Waals surface area contributed by atoms with Gasteiger partial charge in [0.05, 0.1) is 0 Å². The first-order valence-corrected chi connectivity index (χ1v) is 6.75. The van der Waals surface area contributed by atoms with Crippen LogP contribution in [-0.4, -0.2) is 41.3 Å². The van der Waals surface area contributed by atoms with E-state index in [1.807, 2.05) is 12.1 Å². The minimum atomic E-state index is -0.133. The topological polar surface area (TPSA) is 45.6 Å². The molecule has 0 bridgehead atoms. The number of pyridine rings is 1. The van der Waals surface area contributed by atoms with Crippen molar-refractivity contribution >= 4 is 0 Å². The first kappa shape index (κ1) is 13.9. The third kappa shape index (κ3) is 4.90. The first-order chi connectivity index (χ1) is 9.38. The SMILES string of the molecule is OCC#CCOc1cc(CN2CCCCC2)ccn1. The smallest absolute Gasteiger partial charge is 0.214 e. The van der Waals surface area contributed by atoms with Crippen LogP contribution >= 0.6 is 0 Å². The molecule has 1 aromatic heterocycles. The second kappa shape index (κ2) is 7.78. The van der Waals surface area contributed by atoms with Crippen molar-refractivity contribution in [2.45, 2.75) is 25.8 Å². The molecule has 1 aliphatic rings. The van der Waals surface area contributed by atoms with E-state index in [0.717, 1.165) is 6.54 Å². The Labute approximate surface area is 114 Å². The van der Waals surface area contributed by atoms with Crippen LogP contribution in [0, 0.1) is 11.8 Å². The second-order valence-electron chi connectivity index (χ2n) is 4.64. The maximum Gasteiger partial charge on any atom is 0.214 e. The van der Waals surface area contributed by atoms with Crippen LogP contribution in [0.1, 0.15) is 24.8 Å². The lowest BCUT2D eigenvalue weighted by molar-refractivity contribution is 0.220. The van der Waals surface area contributed by atoms with Gasteiger partial charge in [0.15, 0.2) is 6.61 Å². The summed E-state index contributed by atoms with van der Waals surface area (Å²) in [5.74, 6) is 5.85. The van der Waals surface area contributed by atoms with E-state index in [2.05, 4.69) is 21.7 Å². The number of hydrogen-bond acceptors (Lipinski definition) is 4. The number of aromatic nitrogens is 1. The van der Waals surface area contributed by atoms with Gasteiger partial charge in [0, 0.05) is 18.8 Å². The van der Waals surface area contributed by atoms with Crippen molar-refractivity contribution in [3.8, 4) is 17.7 Å². The standard InChI is InChI=1S/C15H20N2O2/c18-10-4-5-11-19-15-12-14(6-7-16-15)13-17-8-2-1-3-9-17/h6-7,12,18H,1-3,8-11,13H2. The zero-order valence-electron chi connectivity index (χ0n) is 11.1. The molecule has 1 saturated heterocycles. The van der Waals surface area contributed by atoms with E-state index < -0.39 is 0 Å². The Balaban J connectivity index is 1.87. The van der Waals surface area contributed by atoms with Crippen molar-refractivity contribution in [1.82, 2.24) is 9.88 Å². The van der Waals surface area contributed by atoms with E-state index in [4.69, 9.17) is 9.84 Å². The molecule has 102 valence electrons. The van der Waals surface area contributed by atoms with E-state index in [-0.39, 0.29) is 13.2 Å². The van der Waals surface area contributed by atoms with Crippen molar-refractivity contribution in [3.05, 3.63) is 23.9 Å². The number of nitrogens with zero attached hydrogens (tertiary/aromatic N) is 2. The largest absolute Gasteiger partial charge is 0.464 e. The molecule has 0 atom stereocenters. The van der Waals surface area contributed by atoms with E-state index in [1.165, 1.54) is 37.9 Å². The maximum atomic E-state index is 8.54. The summed E-state index contributed by atoms with van der Waals surface area (Å²) in [6.45, 7) is 3.45. The molecule has 0 spiro atoms. The number of aliphatic hydroxyl groups is 1. The summed E-state index contributed by atoms with van der Waals surface area (Å²) in [4.78, 5) is 6.63. The molecule has 0 saturated carbocycles. The summed E-state index contributed by atoms with van der Waals surface area (Å²) in [7, 11) is 0. The molecule has 1 aliphatic heterocycles. The fraction of sp³-hybridized carbons (Fsp3) is 0.533. The van der Waals surface area contributed by atoms with Gasteiger partial charge in [-0.1, -0.05) is 18.3 Å². The summed E-state index contributed by atoms with van der Waals surface area (Å²) < 4.78 is 5.42. The van der Waals surface area contributed by atoms with Crippen LogP contribution in [0.3, 0.4) is 0 Å². The average Bonchev–Trinajstić information content (AvgIpc) is 2.45. The van der Waals surface area contributed by atoms with Gasteiger partial charge in [0.2, 0.25) is 5.88 Å². The zero-order chi connectivity index (χ0) is 13.3. The van der Waals surface area contributed by atoms with Gasteiger partial charge in [-0.15, -0.1) is 0 Å². The predicted molar refractivity (Wildman–Crippen MR) is 73.7 cm³/mol. The molecule has 0 amide bonds. The number of aliphatic hydroxyl groups excluding tert-OH is 1. The van der Waals surface area contributed by atoms with Gasteiger partial charge < -0.3 is 9.84 Å². The predicted octanol–water partition coefficient (Wildman–Crippen LogP) is 1.44. The normalized spacial score (nSPS) is 15.6. The molecule has 2 heterocycles. The van der Waals surface area contributed by atoms with Crippen molar-refractivity contribution < 1.29 is 9.84 Å². The second-order valence-corrected chi connectivity index (χ2v) is 4.64. The quantitative estimate of drug-likeness (QED) is 0.832. The van der Waals surface area contributed by atoms with Gasteiger partial charge in [-0.2, -0.15) is 0 Å². The molecule has 2 rings (SSSR count). The van der Waals surface area contributed by atoms with Gasteiger partial charge in [0.25, 0.3) is 0 Å². The minimum Gasteiger partial charge on any atom is -0.464 e. The Morgan fingerprint density at radius 2 is 2.11 bits per heavy atom. The van der Waals surface area contributed by atoms with Gasteiger partial charge in [-0.3, -0.25) is 4.90 Å². The molecule has 1 fully saturated rings. The van der Waals surface area contributed by atoms with Crippen molar-refractivity contribution in [2.24, 2.45) is 0 Å². The monoisotopic (exact) mass is 260 g/mol. The van der Waals surface area contributed by atoms with Crippen LogP contribution in [0.4, 0.5) is 0 Å². The Morgan fingerprint density at radius 3 is 2.89 bits per heavy atom. The molecule has 0 aromatic carbocycles. The molecule has 0 radical (unpaired) electrons. The first-order valence-electron chi connectivity index (χ1n) is 6.75. The fourth-order valence-electron chi connectivity index (χ4n) is 2.22. The van der Waals surface area contributed by atoms with Crippen LogP contribution in [-0.2, 0) is 6.54 Å². The molecule has 0 unspecified atom stereocenters. The van der Waals surface area contributed by atoms with Gasteiger partial charge in [-0.05, 0) is 37.6 Å². The number of likely N-dealkylation sites (tertiary alicyclic amines) is 1. The lowest BCUT2D eigenvalue weighted by Crippen LogP contribution is -2.29. The Morgan fingerprint density at radius 1 is 1.26 bits per heavy atom. The summed E-state index contributed by atoms with van der Waals surface area (Å²) in [5.41, 5.74) is 1.22. The average molecular weight is 260 g/mol. The van der Waals surface area contributed by atoms with Crippen LogP contribution in [0.2, 0.25) is 0 Å². The number of ether oxygens (including phenoxy) is 1. The molecule has 4 nitrogen and oxygen atoms in total. The van der Waals surface area contributed by atoms with Crippen molar-refractivity contribution in [1.29, 1.82) is 0 Å². The lowest BCUT2D eigenvalue weighted by Gasteiger charge is -2.26. The van der Waals surface area contributed by atoms with Crippen molar-refractivity contribution in [3.63, 3.8) is 0 Å². The van der Waals surface area contributed by atoms with Crippen LogP contribution in [0.5, 0.6) is 5.88 Å². The van der Waals surface area contributed by atoms with Gasteiger partial charge in [-0.25, -0.2) is 4.98 Å². The van der Waals surface area contributed by atoms with Gasteiger partial charge in [0.1, 0.15) is 6.61 Å². The summed E-state index contributed by atoms with van der Waals surface area (Å²) in [6, 6.07) is 4.00. The highest BCUT2D eigenvalue weighted by Crippen LogP contribution is 2.15. The highest BCUT2D eigenvalue weighted by atomic mass is 16.5. The minimum absolute atomic E-state index is 0.133. The molecule has 1 aromatic rings. The molecule has 4 heteroatoms. The third-order valence-corrected chi connectivity index (χ3v) is 3.15. The highest BCUT2D eigenvalue weighted by molar-refractivity contribution is 5.21. The molecule has 1 N–H and O–H groups in total. The molecular weight excluding hydrogens is 240 g/mol. The summed E-state index contributed by atoms with van der Waals surface area (Å²) in [6.07, 6.45) is 5.72. The number of hydrogen-bond donors (Lipinski definition) is 1. The van der Waals surface area contributed by atoms with E-state index in [1.54, 1.807) is 6.20 Å². The van der Waals surface area contributed by atoms with E-state index in [0.29, 0.717) is 5.88 Å². The number of piperidine rings is 1. The third-order valence-electron chi connectivity index (χ3n) is 3.15.